The van der Waals surface area contributed by atoms with E-state index in [0.29, 0.717) is 11.1 Å². The molecule has 92 valence electrons. The van der Waals surface area contributed by atoms with Gasteiger partial charge in [-0.25, -0.2) is 4.99 Å². The first-order valence-electron chi connectivity index (χ1n) is 4.70. The first kappa shape index (κ1) is 13.6. The van der Waals surface area contributed by atoms with Crippen molar-refractivity contribution in [3.8, 4) is 6.07 Å². The van der Waals surface area contributed by atoms with Crippen LogP contribution in [0, 0.1) is 11.3 Å². The summed E-state index contributed by atoms with van der Waals surface area (Å²) >= 11 is 0. The first-order chi connectivity index (χ1) is 8.34. The lowest BCUT2D eigenvalue weighted by atomic mass is 10.1. The fourth-order valence-corrected chi connectivity index (χ4v) is 1.01. The molecular weight excluding hydrogens is 243 g/mol. The molecule has 0 saturated heterocycles. The molecule has 1 rings (SSSR count). The van der Waals surface area contributed by atoms with Crippen LogP contribution in [0.3, 0.4) is 0 Å². The van der Waals surface area contributed by atoms with Gasteiger partial charge in [0.1, 0.15) is 17.5 Å². The second-order valence-electron chi connectivity index (χ2n) is 3.27. The SMILES string of the molecule is C=C(C#N)/N=C/C(=C)c1ccc(C(F)(F)F)nc1. The van der Waals surface area contributed by atoms with Crippen LogP contribution >= 0.6 is 0 Å². The maximum atomic E-state index is 12.3. The lowest BCUT2D eigenvalue weighted by Gasteiger charge is -2.06. The minimum absolute atomic E-state index is 0.0176. The van der Waals surface area contributed by atoms with Gasteiger partial charge < -0.3 is 0 Å². The highest BCUT2D eigenvalue weighted by molar-refractivity contribution is 6.09. The Balaban J connectivity index is 2.87. The molecule has 0 fully saturated rings. The minimum atomic E-state index is -4.47. The van der Waals surface area contributed by atoms with E-state index < -0.39 is 11.9 Å². The smallest absolute Gasteiger partial charge is 0.251 e. The maximum absolute atomic E-state index is 12.3. The van der Waals surface area contributed by atoms with E-state index in [1.807, 2.05) is 0 Å². The number of hydrogen-bond donors (Lipinski definition) is 0. The van der Waals surface area contributed by atoms with Gasteiger partial charge in [0.15, 0.2) is 0 Å². The van der Waals surface area contributed by atoms with Gasteiger partial charge in [-0.2, -0.15) is 18.4 Å². The second kappa shape index (κ2) is 5.27. The molecule has 1 aromatic rings. The zero-order chi connectivity index (χ0) is 13.8. The molecule has 0 unspecified atom stereocenters. The highest BCUT2D eigenvalue weighted by atomic mass is 19.4. The van der Waals surface area contributed by atoms with Crippen LogP contribution in [0.2, 0.25) is 0 Å². The van der Waals surface area contributed by atoms with E-state index in [9.17, 15) is 13.2 Å². The number of aliphatic imine (C=N–C) groups is 1. The van der Waals surface area contributed by atoms with E-state index in [2.05, 4.69) is 23.1 Å². The third-order valence-corrected chi connectivity index (χ3v) is 1.93. The number of pyridine rings is 1. The summed E-state index contributed by atoms with van der Waals surface area (Å²) in [7, 11) is 0. The molecule has 18 heavy (non-hydrogen) atoms. The Morgan fingerprint density at radius 1 is 1.39 bits per heavy atom. The number of halogens is 3. The van der Waals surface area contributed by atoms with Gasteiger partial charge in [0, 0.05) is 18.0 Å². The molecule has 0 bridgehead atoms. The topological polar surface area (TPSA) is 49.0 Å². The predicted molar refractivity (Wildman–Crippen MR) is 61.5 cm³/mol. The van der Waals surface area contributed by atoms with Gasteiger partial charge in [0.2, 0.25) is 0 Å². The lowest BCUT2D eigenvalue weighted by Crippen LogP contribution is -2.07. The molecule has 0 N–H and O–H groups in total. The van der Waals surface area contributed by atoms with Crippen molar-refractivity contribution in [3.05, 3.63) is 48.4 Å². The number of rotatable bonds is 3. The Morgan fingerprint density at radius 3 is 2.50 bits per heavy atom. The van der Waals surface area contributed by atoms with Crippen LogP contribution in [0.1, 0.15) is 11.3 Å². The fourth-order valence-electron chi connectivity index (χ4n) is 1.01. The van der Waals surface area contributed by atoms with Gasteiger partial charge in [0.05, 0.1) is 0 Å². The van der Waals surface area contributed by atoms with Gasteiger partial charge in [0.25, 0.3) is 0 Å². The van der Waals surface area contributed by atoms with E-state index in [4.69, 9.17) is 5.26 Å². The molecule has 0 aliphatic heterocycles. The van der Waals surface area contributed by atoms with Crippen LogP contribution in [-0.4, -0.2) is 11.2 Å². The van der Waals surface area contributed by atoms with Crippen molar-refractivity contribution in [2.24, 2.45) is 4.99 Å². The monoisotopic (exact) mass is 251 g/mol. The van der Waals surface area contributed by atoms with Gasteiger partial charge in [-0.1, -0.05) is 19.2 Å². The molecule has 0 aromatic carbocycles. The molecule has 0 aliphatic rings. The summed E-state index contributed by atoms with van der Waals surface area (Å²) in [4.78, 5) is 6.94. The highest BCUT2D eigenvalue weighted by Crippen LogP contribution is 2.27. The third kappa shape index (κ3) is 3.56. The van der Waals surface area contributed by atoms with Crippen molar-refractivity contribution in [2.45, 2.75) is 6.18 Å². The second-order valence-corrected chi connectivity index (χ2v) is 3.27. The van der Waals surface area contributed by atoms with E-state index in [-0.39, 0.29) is 5.70 Å². The van der Waals surface area contributed by atoms with Crippen LogP contribution < -0.4 is 0 Å². The van der Waals surface area contributed by atoms with Crippen LogP contribution in [0.4, 0.5) is 13.2 Å². The average molecular weight is 251 g/mol. The summed E-state index contributed by atoms with van der Waals surface area (Å²) in [5.74, 6) is 0. The van der Waals surface area contributed by atoms with Crippen molar-refractivity contribution in [3.63, 3.8) is 0 Å². The minimum Gasteiger partial charge on any atom is -0.251 e. The molecule has 6 heteroatoms. The lowest BCUT2D eigenvalue weighted by molar-refractivity contribution is -0.141. The zero-order valence-corrected chi connectivity index (χ0v) is 9.20. The summed E-state index contributed by atoms with van der Waals surface area (Å²) in [5, 5.41) is 8.41. The Labute approximate surface area is 102 Å². The number of nitrogens with zero attached hydrogens (tertiary/aromatic N) is 3. The quantitative estimate of drug-likeness (QED) is 0.611. The molecule has 0 amide bonds. The molecule has 0 saturated carbocycles. The van der Waals surface area contributed by atoms with Crippen molar-refractivity contribution in [2.75, 3.05) is 0 Å². The Morgan fingerprint density at radius 2 is 2.06 bits per heavy atom. The average Bonchev–Trinajstić information content (AvgIpc) is 2.34. The third-order valence-electron chi connectivity index (χ3n) is 1.93. The van der Waals surface area contributed by atoms with Crippen LogP contribution in [0.15, 0.2) is 42.2 Å². The Hall–Kier alpha value is -2.42. The summed E-state index contributed by atoms with van der Waals surface area (Å²) in [6, 6.07) is 3.79. The van der Waals surface area contributed by atoms with Crippen molar-refractivity contribution < 1.29 is 13.2 Å². The molecule has 0 aliphatic carbocycles. The van der Waals surface area contributed by atoms with Gasteiger partial charge >= 0.3 is 6.18 Å². The molecule has 1 aromatic heterocycles. The molecule has 0 spiro atoms. The van der Waals surface area contributed by atoms with Crippen LogP contribution in [0.25, 0.3) is 5.57 Å². The van der Waals surface area contributed by atoms with Gasteiger partial charge in [-0.15, -0.1) is 0 Å². The summed E-state index contributed by atoms with van der Waals surface area (Å²) < 4.78 is 36.8. The highest BCUT2D eigenvalue weighted by Gasteiger charge is 2.31. The number of nitriles is 1. The molecule has 0 atom stereocenters. The Kier molecular flexibility index (Phi) is 4.00. The van der Waals surface area contributed by atoms with E-state index in [0.717, 1.165) is 12.3 Å². The molecule has 3 nitrogen and oxygen atoms in total. The predicted octanol–water partition coefficient (Wildman–Crippen LogP) is 3.22. The van der Waals surface area contributed by atoms with Gasteiger partial charge in [-0.05, 0) is 11.6 Å². The summed E-state index contributed by atoms with van der Waals surface area (Å²) in [6.45, 7) is 6.92. The Bertz CT molecular complexity index is 533. The van der Waals surface area contributed by atoms with E-state index >= 15 is 0 Å². The maximum Gasteiger partial charge on any atom is 0.433 e. The molecular formula is C12H8F3N3. The summed E-state index contributed by atoms with van der Waals surface area (Å²) in [5.41, 5.74) is -0.265. The summed E-state index contributed by atoms with van der Waals surface area (Å²) in [6.07, 6.45) is -2.18. The number of hydrogen-bond acceptors (Lipinski definition) is 3. The normalized spacial score (nSPS) is 11.2. The van der Waals surface area contributed by atoms with Crippen molar-refractivity contribution in [1.29, 1.82) is 5.26 Å². The number of alkyl halides is 3. The van der Waals surface area contributed by atoms with Crippen molar-refractivity contribution in [1.82, 2.24) is 4.98 Å². The standard InChI is InChI=1S/C12H8F3N3/c1-8(6-17-9(2)5-16)10-3-4-11(18-7-10)12(13,14)15/h3-4,6-7H,1-2H2/b17-6+. The van der Waals surface area contributed by atoms with Crippen LogP contribution in [-0.2, 0) is 6.18 Å². The van der Waals surface area contributed by atoms with E-state index in [1.54, 1.807) is 6.07 Å². The number of allylic oxidation sites excluding steroid dienone is 2. The largest absolute Gasteiger partial charge is 0.433 e. The molecule has 0 radical (unpaired) electrons. The zero-order valence-electron chi connectivity index (χ0n) is 9.20. The molecule has 1 heterocycles. The van der Waals surface area contributed by atoms with Gasteiger partial charge in [-0.3, -0.25) is 4.98 Å². The van der Waals surface area contributed by atoms with E-state index in [1.165, 1.54) is 12.3 Å². The first-order valence-corrected chi connectivity index (χ1v) is 4.70. The number of aromatic nitrogens is 1. The van der Waals surface area contributed by atoms with Crippen LogP contribution in [0.5, 0.6) is 0 Å². The van der Waals surface area contributed by atoms with Crippen molar-refractivity contribution >= 4 is 11.8 Å². The fraction of sp³-hybridized carbons (Fsp3) is 0.0833.